The van der Waals surface area contributed by atoms with E-state index in [9.17, 15) is 0 Å². The summed E-state index contributed by atoms with van der Waals surface area (Å²) < 4.78 is 10.8. The van der Waals surface area contributed by atoms with Crippen LogP contribution in [0.1, 0.15) is 43.7 Å². The van der Waals surface area contributed by atoms with E-state index in [0.717, 1.165) is 53.7 Å². The van der Waals surface area contributed by atoms with Gasteiger partial charge in [0, 0.05) is 24.4 Å². The van der Waals surface area contributed by atoms with E-state index >= 15 is 0 Å². The summed E-state index contributed by atoms with van der Waals surface area (Å²) in [5.74, 6) is 1.51. The van der Waals surface area contributed by atoms with Crippen LogP contribution in [0.2, 0.25) is 0 Å². The van der Waals surface area contributed by atoms with Gasteiger partial charge < -0.3 is 20.1 Å². The maximum Gasteiger partial charge on any atom is 0.161 e. The van der Waals surface area contributed by atoms with E-state index in [1.807, 2.05) is 12.1 Å². The van der Waals surface area contributed by atoms with Crippen LogP contribution in [0.4, 0.5) is 0 Å². The minimum Gasteiger partial charge on any atom is -0.493 e. The number of nitrogens with one attached hydrogen (secondary N) is 2. The molecule has 2 N–H and O–H groups in total. The van der Waals surface area contributed by atoms with Crippen molar-refractivity contribution in [3.05, 3.63) is 29.3 Å². The molecule has 24 heavy (non-hydrogen) atoms. The Labute approximate surface area is 150 Å². The number of hydrogen-bond acceptors (Lipinski definition) is 4. The predicted molar refractivity (Wildman–Crippen MR) is 104 cm³/mol. The highest BCUT2D eigenvalue weighted by molar-refractivity contribution is 7.80. The fourth-order valence-corrected chi connectivity index (χ4v) is 3.10. The Hall–Kier alpha value is -1.75. The molecule has 5 heteroatoms. The Bertz CT molecular complexity index is 599. The van der Waals surface area contributed by atoms with Gasteiger partial charge in [0.15, 0.2) is 11.5 Å². The average Bonchev–Trinajstić information content (AvgIpc) is 2.60. The van der Waals surface area contributed by atoms with Crippen LogP contribution in [-0.4, -0.2) is 32.3 Å². The van der Waals surface area contributed by atoms with Gasteiger partial charge in [-0.3, -0.25) is 0 Å². The molecule has 1 aliphatic rings. The summed E-state index contributed by atoms with van der Waals surface area (Å²) in [7, 11) is 3.33. The predicted octanol–water partition coefficient (Wildman–Crippen LogP) is 3.69. The van der Waals surface area contributed by atoms with E-state index in [2.05, 4.69) is 23.6 Å². The number of thiocarbonyl (C=S) groups is 1. The molecule has 1 heterocycles. The second kappa shape index (κ2) is 9.52. The maximum absolute atomic E-state index is 5.47. The van der Waals surface area contributed by atoms with Crippen molar-refractivity contribution in [2.24, 2.45) is 0 Å². The lowest BCUT2D eigenvalue weighted by Crippen LogP contribution is -2.26. The Morgan fingerprint density at radius 2 is 1.96 bits per heavy atom. The van der Waals surface area contributed by atoms with Crippen molar-refractivity contribution in [2.75, 3.05) is 27.3 Å². The minimum atomic E-state index is 0.740. The van der Waals surface area contributed by atoms with Crippen LogP contribution in [0.15, 0.2) is 18.2 Å². The molecule has 2 rings (SSSR count). The number of methoxy groups -OCH3 is 2. The molecule has 0 fully saturated rings. The van der Waals surface area contributed by atoms with Gasteiger partial charge in [0.25, 0.3) is 0 Å². The topological polar surface area (TPSA) is 42.5 Å². The summed E-state index contributed by atoms with van der Waals surface area (Å²) >= 11 is 5.47. The molecular formula is C19H28N2O2S. The molecule has 0 radical (unpaired) electrons. The van der Waals surface area contributed by atoms with Gasteiger partial charge in [-0.05, 0) is 36.6 Å². The normalized spacial score (nSPS) is 14.7. The van der Waals surface area contributed by atoms with Crippen LogP contribution < -0.4 is 20.1 Å². The smallest absolute Gasteiger partial charge is 0.161 e. The fraction of sp³-hybridized carbons (Fsp3) is 0.526. The highest BCUT2D eigenvalue weighted by atomic mass is 32.1. The van der Waals surface area contributed by atoms with Gasteiger partial charge in [0.05, 0.1) is 14.2 Å². The second-order valence-corrected chi connectivity index (χ2v) is 6.39. The molecule has 0 saturated carbocycles. The Morgan fingerprint density at radius 1 is 1.21 bits per heavy atom. The molecule has 1 aromatic carbocycles. The molecule has 0 aromatic heterocycles. The average molecular weight is 349 g/mol. The van der Waals surface area contributed by atoms with Crippen molar-refractivity contribution in [3.63, 3.8) is 0 Å². The molecular weight excluding hydrogens is 320 g/mol. The van der Waals surface area contributed by atoms with Gasteiger partial charge in [-0.25, -0.2) is 0 Å². The lowest BCUT2D eigenvalue weighted by Gasteiger charge is -2.23. The summed E-state index contributed by atoms with van der Waals surface area (Å²) in [6.45, 7) is 4.05. The lowest BCUT2D eigenvalue weighted by atomic mass is 9.97. The highest BCUT2D eigenvalue weighted by Crippen LogP contribution is 2.34. The maximum atomic E-state index is 5.47. The van der Waals surface area contributed by atoms with Gasteiger partial charge >= 0.3 is 0 Å². The Morgan fingerprint density at radius 3 is 2.67 bits per heavy atom. The molecule has 132 valence electrons. The van der Waals surface area contributed by atoms with Crippen molar-refractivity contribution in [1.29, 1.82) is 0 Å². The van der Waals surface area contributed by atoms with E-state index in [-0.39, 0.29) is 0 Å². The molecule has 0 bridgehead atoms. The SMILES string of the molecule is CCCCCCNC(=S)/C=C1\NCCc2cc(OC)c(OC)cc21. The number of ether oxygens (including phenoxy) is 2. The first-order chi connectivity index (χ1) is 11.7. The number of unbranched alkanes of at least 4 members (excludes halogenated alkanes) is 3. The summed E-state index contributed by atoms with van der Waals surface area (Å²) in [5, 5.41) is 6.77. The second-order valence-electron chi connectivity index (χ2n) is 5.95. The molecule has 0 spiro atoms. The third-order valence-corrected chi connectivity index (χ3v) is 4.48. The van der Waals surface area contributed by atoms with Crippen LogP contribution in [0, 0.1) is 0 Å². The fourth-order valence-electron chi connectivity index (χ4n) is 2.88. The van der Waals surface area contributed by atoms with Gasteiger partial charge in [0.2, 0.25) is 0 Å². The van der Waals surface area contributed by atoms with Gasteiger partial charge in [0.1, 0.15) is 4.99 Å². The third kappa shape index (κ3) is 4.87. The van der Waals surface area contributed by atoms with E-state index in [1.54, 1.807) is 14.2 Å². The molecule has 0 saturated heterocycles. The van der Waals surface area contributed by atoms with Gasteiger partial charge in [-0.1, -0.05) is 38.4 Å². The number of fused-ring (bicyclic) bond motifs is 1. The molecule has 1 aliphatic heterocycles. The van der Waals surface area contributed by atoms with E-state index < -0.39 is 0 Å². The first-order valence-electron chi connectivity index (χ1n) is 8.68. The van der Waals surface area contributed by atoms with Crippen LogP contribution in [0.25, 0.3) is 5.70 Å². The van der Waals surface area contributed by atoms with E-state index in [0.29, 0.717) is 0 Å². The molecule has 0 aliphatic carbocycles. The summed E-state index contributed by atoms with van der Waals surface area (Å²) in [4.78, 5) is 0.775. The Kier molecular flexibility index (Phi) is 7.37. The summed E-state index contributed by atoms with van der Waals surface area (Å²) in [6.07, 6.45) is 7.92. The highest BCUT2D eigenvalue weighted by Gasteiger charge is 2.18. The van der Waals surface area contributed by atoms with Crippen LogP contribution in [0.5, 0.6) is 11.5 Å². The van der Waals surface area contributed by atoms with E-state index in [1.165, 1.54) is 24.8 Å². The quantitative estimate of drug-likeness (QED) is 0.426. The molecule has 0 unspecified atom stereocenters. The molecule has 0 atom stereocenters. The van der Waals surface area contributed by atoms with Crippen molar-refractivity contribution >= 4 is 22.9 Å². The largest absolute Gasteiger partial charge is 0.493 e. The van der Waals surface area contributed by atoms with Crippen LogP contribution >= 0.6 is 12.2 Å². The standard InChI is InChI=1S/C19H28N2O2S/c1-4-5-6-7-9-21-19(24)13-16-15-12-18(23-3)17(22-2)11-14(15)8-10-20-16/h11-13,20H,4-10H2,1-3H3,(H,21,24)/b16-13-. The Balaban J connectivity index is 2.08. The van der Waals surface area contributed by atoms with Crippen LogP contribution in [0.3, 0.4) is 0 Å². The first kappa shape index (κ1) is 18.6. The van der Waals surface area contributed by atoms with Crippen LogP contribution in [-0.2, 0) is 6.42 Å². The van der Waals surface area contributed by atoms with Crippen molar-refractivity contribution < 1.29 is 9.47 Å². The third-order valence-electron chi connectivity index (χ3n) is 4.21. The van der Waals surface area contributed by atoms with E-state index in [4.69, 9.17) is 21.7 Å². The summed E-state index contributed by atoms with van der Waals surface area (Å²) in [6, 6.07) is 4.08. The zero-order valence-electron chi connectivity index (χ0n) is 14.9. The monoisotopic (exact) mass is 348 g/mol. The van der Waals surface area contributed by atoms with Crippen molar-refractivity contribution in [2.45, 2.75) is 39.0 Å². The molecule has 0 amide bonds. The number of hydrogen-bond donors (Lipinski definition) is 2. The van der Waals surface area contributed by atoms with Crippen molar-refractivity contribution in [1.82, 2.24) is 10.6 Å². The van der Waals surface area contributed by atoms with Gasteiger partial charge in [-0.15, -0.1) is 0 Å². The zero-order chi connectivity index (χ0) is 17.4. The minimum absolute atomic E-state index is 0.740. The number of rotatable bonds is 8. The summed E-state index contributed by atoms with van der Waals surface area (Å²) in [5.41, 5.74) is 3.43. The molecule has 1 aromatic rings. The molecule has 4 nitrogen and oxygen atoms in total. The first-order valence-corrected chi connectivity index (χ1v) is 9.09. The van der Waals surface area contributed by atoms with Crippen molar-refractivity contribution in [3.8, 4) is 11.5 Å². The zero-order valence-corrected chi connectivity index (χ0v) is 15.7. The lowest BCUT2D eigenvalue weighted by molar-refractivity contribution is 0.354. The number of benzene rings is 1. The van der Waals surface area contributed by atoms with Gasteiger partial charge in [-0.2, -0.15) is 0 Å².